The van der Waals surface area contributed by atoms with Gasteiger partial charge in [0.25, 0.3) is 5.91 Å². The van der Waals surface area contributed by atoms with Crippen LogP contribution >= 0.6 is 0 Å². The number of hydrogen-bond donors (Lipinski definition) is 1. The van der Waals surface area contributed by atoms with Gasteiger partial charge in [-0.1, -0.05) is 26.0 Å². The molecule has 0 bridgehead atoms. The van der Waals surface area contributed by atoms with Gasteiger partial charge in [-0.25, -0.2) is 9.37 Å². The average Bonchev–Trinajstić information content (AvgIpc) is 2.80. The first-order chi connectivity index (χ1) is 15.2. The Morgan fingerprint density at radius 3 is 2.66 bits per heavy atom. The van der Waals surface area contributed by atoms with Crippen molar-refractivity contribution < 1.29 is 23.8 Å². The molecule has 0 saturated heterocycles. The maximum atomic E-state index is 13.4. The van der Waals surface area contributed by atoms with Crippen LogP contribution in [0, 0.1) is 11.7 Å². The zero-order valence-corrected chi connectivity index (χ0v) is 18.9. The number of fused-ring (bicyclic) bond motifs is 1. The standard InChI is InChI=1S/C24H30FN3O4/c1-5-22(30)27(4)13-21-15(2)12-28(16(3)14-29)24(31)20-10-18(11-26-23(20)32-21)17-6-8-19(25)9-7-17/h6-11,15-16,21,29H,5,12-14H2,1-4H3/t15-,16+,21+/m1/s1. The molecule has 2 amide bonds. The van der Waals surface area contributed by atoms with E-state index in [0.717, 1.165) is 5.56 Å². The van der Waals surface area contributed by atoms with Gasteiger partial charge in [0.05, 0.1) is 19.2 Å². The zero-order valence-electron chi connectivity index (χ0n) is 18.9. The number of hydrogen-bond acceptors (Lipinski definition) is 5. The van der Waals surface area contributed by atoms with Gasteiger partial charge in [-0.15, -0.1) is 0 Å². The number of nitrogens with zero attached hydrogens (tertiary/aromatic N) is 3. The lowest BCUT2D eigenvalue weighted by Crippen LogP contribution is -2.50. The first-order valence-electron chi connectivity index (χ1n) is 10.8. The van der Waals surface area contributed by atoms with Crippen molar-refractivity contribution in [2.75, 3.05) is 26.7 Å². The molecule has 7 nitrogen and oxygen atoms in total. The first kappa shape index (κ1) is 23.7. The van der Waals surface area contributed by atoms with Crippen LogP contribution in [0.5, 0.6) is 5.88 Å². The van der Waals surface area contributed by atoms with E-state index in [9.17, 15) is 19.1 Å². The number of aliphatic hydroxyl groups is 1. The van der Waals surface area contributed by atoms with Gasteiger partial charge in [0.15, 0.2) is 0 Å². The summed E-state index contributed by atoms with van der Waals surface area (Å²) >= 11 is 0. The van der Waals surface area contributed by atoms with Crippen LogP contribution in [-0.4, -0.2) is 70.6 Å². The summed E-state index contributed by atoms with van der Waals surface area (Å²) in [6.07, 6.45) is 1.59. The number of amides is 2. The van der Waals surface area contributed by atoms with Crippen molar-refractivity contribution in [2.24, 2.45) is 5.92 Å². The summed E-state index contributed by atoms with van der Waals surface area (Å²) in [6.45, 7) is 6.07. The highest BCUT2D eigenvalue weighted by Crippen LogP contribution is 2.30. The molecule has 2 aromatic rings. The lowest BCUT2D eigenvalue weighted by Gasteiger charge is -2.37. The van der Waals surface area contributed by atoms with Gasteiger partial charge >= 0.3 is 0 Å². The van der Waals surface area contributed by atoms with Gasteiger partial charge in [-0.3, -0.25) is 9.59 Å². The molecule has 1 aliphatic rings. The molecule has 8 heteroatoms. The van der Waals surface area contributed by atoms with Crippen LogP contribution in [0.15, 0.2) is 36.5 Å². The summed E-state index contributed by atoms with van der Waals surface area (Å²) in [5, 5.41) is 9.75. The fraction of sp³-hybridized carbons (Fsp3) is 0.458. The number of aromatic nitrogens is 1. The van der Waals surface area contributed by atoms with E-state index in [2.05, 4.69) is 4.98 Å². The quantitative estimate of drug-likeness (QED) is 0.742. The van der Waals surface area contributed by atoms with Crippen molar-refractivity contribution >= 4 is 11.8 Å². The summed E-state index contributed by atoms with van der Waals surface area (Å²) in [5.74, 6) is -0.560. The van der Waals surface area contributed by atoms with Gasteiger partial charge in [0.1, 0.15) is 17.5 Å². The van der Waals surface area contributed by atoms with E-state index in [1.54, 1.807) is 55.1 Å². The molecule has 0 fully saturated rings. The Morgan fingerprint density at radius 1 is 1.34 bits per heavy atom. The number of pyridine rings is 1. The summed E-state index contributed by atoms with van der Waals surface area (Å²) in [5.41, 5.74) is 1.64. The van der Waals surface area contributed by atoms with Crippen LogP contribution < -0.4 is 4.74 Å². The average molecular weight is 444 g/mol. The van der Waals surface area contributed by atoms with E-state index in [-0.39, 0.29) is 47.7 Å². The van der Waals surface area contributed by atoms with Crippen molar-refractivity contribution in [3.63, 3.8) is 0 Å². The van der Waals surface area contributed by atoms with Gasteiger partial charge in [-0.05, 0) is 30.7 Å². The number of halogens is 1. The van der Waals surface area contributed by atoms with Crippen LogP contribution in [-0.2, 0) is 4.79 Å². The third kappa shape index (κ3) is 5.07. The first-order valence-corrected chi connectivity index (χ1v) is 10.8. The van der Waals surface area contributed by atoms with E-state index >= 15 is 0 Å². The summed E-state index contributed by atoms with van der Waals surface area (Å²) in [6, 6.07) is 7.23. The van der Waals surface area contributed by atoms with Gasteiger partial charge in [-0.2, -0.15) is 0 Å². The molecule has 0 unspecified atom stereocenters. The Hall–Kier alpha value is -3.00. The normalized spacial score (nSPS) is 19.4. The van der Waals surface area contributed by atoms with Crippen molar-refractivity contribution in [2.45, 2.75) is 39.3 Å². The molecule has 3 atom stereocenters. The van der Waals surface area contributed by atoms with Crippen molar-refractivity contribution in [3.05, 3.63) is 47.9 Å². The molecule has 2 heterocycles. The highest BCUT2D eigenvalue weighted by molar-refractivity contribution is 5.98. The smallest absolute Gasteiger partial charge is 0.259 e. The van der Waals surface area contributed by atoms with E-state index < -0.39 is 6.04 Å². The molecule has 1 N–H and O–H groups in total. The summed E-state index contributed by atoms with van der Waals surface area (Å²) in [7, 11) is 1.73. The molecule has 172 valence electrons. The number of benzene rings is 1. The van der Waals surface area contributed by atoms with Crippen molar-refractivity contribution in [1.29, 1.82) is 0 Å². The second kappa shape index (κ2) is 10.1. The molecule has 0 aliphatic carbocycles. The van der Waals surface area contributed by atoms with Crippen LogP contribution in [0.3, 0.4) is 0 Å². The maximum Gasteiger partial charge on any atom is 0.259 e. The topological polar surface area (TPSA) is 83.0 Å². The highest BCUT2D eigenvalue weighted by Gasteiger charge is 2.34. The Morgan fingerprint density at radius 2 is 2.03 bits per heavy atom. The summed E-state index contributed by atoms with van der Waals surface area (Å²) in [4.78, 5) is 33.2. The predicted octanol–water partition coefficient (Wildman–Crippen LogP) is 2.98. The van der Waals surface area contributed by atoms with Crippen molar-refractivity contribution in [1.82, 2.24) is 14.8 Å². The second-order valence-electron chi connectivity index (χ2n) is 8.33. The predicted molar refractivity (Wildman–Crippen MR) is 119 cm³/mol. The second-order valence-corrected chi connectivity index (χ2v) is 8.33. The molecule has 1 aliphatic heterocycles. The van der Waals surface area contributed by atoms with E-state index in [4.69, 9.17) is 4.74 Å². The fourth-order valence-corrected chi connectivity index (χ4v) is 3.76. The van der Waals surface area contributed by atoms with Crippen LogP contribution in [0.25, 0.3) is 11.1 Å². The van der Waals surface area contributed by atoms with Crippen LogP contribution in [0.1, 0.15) is 37.6 Å². The molecule has 0 radical (unpaired) electrons. The molecule has 32 heavy (non-hydrogen) atoms. The number of ether oxygens (including phenoxy) is 1. The molecule has 0 spiro atoms. The minimum absolute atomic E-state index is 0.000594. The number of carbonyl (C=O) groups excluding carboxylic acids is 2. The van der Waals surface area contributed by atoms with Crippen LogP contribution in [0.2, 0.25) is 0 Å². The summed E-state index contributed by atoms with van der Waals surface area (Å²) < 4.78 is 19.5. The van der Waals surface area contributed by atoms with Gasteiger partial charge < -0.3 is 19.6 Å². The number of carbonyl (C=O) groups is 2. The molecule has 0 saturated carbocycles. The Labute approximate surface area is 187 Å². The van der Waals surface area contributed by atoms with Crippen LogP contribution in [0.4, 0.5) is 4.39 Å². The molecular weight excluding hydrogens is 413 g/mol. The lowest BCUT2D eigenvalue weighted by molar-refractivity contribution is -0.131. The molecule has 1 aromatic heterocycles. The zero-order chi connectivity index (χ0) is 23.4. The van der Waals surface area contributed by atoms with Gasteiger partial charge in [0, 0.05) is 37.7 Å². The minimum Gasteiger partial charge on any atom is -0.472 e. The lowest BCUT2D eigenvalue weighted by atomic mass is 9.99. The molecule has 3 rings (SSSR count). The molecule has 1 aromatic carbocycles. The van der Waals surface area contributed by atoms with Gasteiger partial charge in [0.2, 0.25) is 11.8 Å². The number of aliphatic hydroxyl groups excluding tert-OH is 1. The molecular formula is C24H30FN3O4. The Balaban J connectivity index is 2.03. The highest BCUT2D eigenvalue weighted by atomic mass is 19.1. The van der Waals surface area contributed by atoms with Crippen molar-refractivity contribution in [3.8, 4) is 17.0 Å². The Bertz CT molecular complexity index is 966. The monoisotopic (exact) mass is 443 g/mol. The number of rotatable bonds is 6. The van der Waals surface area contributed by atoms with E-state index in [1.165, 1.54) is 12.1 Å². The number of likely N-dealkylation sites (N-methyl/N-ethyl adjacent to an activating group) is 1. The fourth-order valence-electron chi connectivity index (χ4n) is 3.76. The third-order valence-corrected chi connectivity index (χ3v) is 5.88. The third-order valence-electron chi connectivity index (χ3n) is 5.88. The maximum absolute atomic E-state index is 13.4. The van der Waals surface area contributed by atoms with E-state index in [1.807, 2.05) is 6.92 Å². The Kier molecular flexibility index (Phi) is 7.45. The van der Waals surface area contributed by atoms with E-state index in [0.29, 0.717) is 25.1 Å². The largest absolute Gasteiger partial charge is 0.472 e. The minimum atomic E-state index is -0.402. The SMILES string of the molecule is CCC(=O)N(C)C[C@@H]1Oc2ncc(-c3ccc(F)cc3)cc2C(=O)N([C@@H](C)CO)C[C@H]1C.